The van der Waals surface area contributed by atoms with Gasteiger partial charge in [0.1, 0.15) is 11.6 Å². The fourth-order valence-corrected chi connectivity index (χ4v) is 4.58. The molecule has 0 aliphatic heterocycles. The highest BCUT2D eigenvalue weighted by atomic mass is 32.1. The maximum atomic E-state index is 14.3. The summed E-state index contributed by atoms with van der Waals surface area (Å²) in [6, 6.07) is 12.2. The molecule has 2 N–H and O–H groups in total. The monoisotopic (exact) mass is 422 g/mol. The van der Waals surface area contributed by atoms with E-state index >= 15 is 0 Å². The van der Waals surface area contributed by atoms with Crippen molar-refractivity contribution < 1.29 is 13.9 Å². The van der Waals surface area contributed by atoms with Crippen molar-refractivity contribution in [3.05, 3.63) is 64.5 Å². The van der Waals surface area contributed by atoms with Gasteiger partial charge < -0.3 is 10.1 Å². The number of rotatable bonds is 6. The van der Waals surface area contributed by atoms with Crippen molar-refractivity contribution in [2.45, 2.75) is 25.4 Å². The summed E-state index contributed by atoms with van der Waals surface area (Å²) in [7, 11) is 1.53. The van der Waals surface area contributed by atoms with Gasteiger partial charge in [-0.3, -0.25) is 9.89 Å². The molecule has 152 valence electrons. The minimum absolute atomic E-state index is 0.163. The van der Waals surface area contributed by atoms with Gasteiger partial charge in [-0.15, -0.1) is 11.3 Å². The average molecular weight is 422 g/mol. The van der Waals surface area contributed by atoms with Crippen molar-refractivity contribution in [1.82, 2.24) is 15.2 Å². The molecule has 4 aromatic rings. The molecular weight excluding hydrogens is 403 g/mol. The first-order valence-electron chi connectivity index (χ1n) is 9.67. The molecule has 5 rings (SSSR count). The Kier molecular flexibility index (Phi) is 4.80. The van der Waals surface area contributed by atoms with Crippen LogP contribution in [0.2, 0.25) is 0 Å². The Hall–Kier alpha value is -3.10. The lowest BCUT2D eigenvalue weighted by molar-refractivity contribution is 0.102. The van der Waals surface area contributed by atoms with Crippen LogP contribution in [0.3, 0.4) is 0 Å². The Balaban J connectivity index is 1.38. The Morgan fingerprint density at radius 3 is 2.80 bits per heavy atom. The van der Waals surface area contributed by atoms with E-state index in [2.05, 4.69) is 20.5 Å². The molecule has 8 heteroatoms. The van der Waals surface area contributed by atoms with Crippen molar-refractivity contribution in [2.75, 3.05) is 12.4 Å². The third kappa shape index (κ3) is 3.48. The minimum atomic E-state index is -0.351. The van der Waals surface area contributed by atoms with Crippen molar-refractivity contribution in [1.29, 1.82) is 0 Å². The highest BCUT2D eigenvalue weighted by Crippen LogP contribution is 2.38. The number of hydrogen-bond donors (Lipinski definition) is 2. The lowest BCUT2D eigenvalue weighted by Crippen LogP contribution is -2.12. The molecule has 0 unspecified atom stereocenters. The maximum absolute atomic E-state index is 14.3. The standard InChI is InChI=1S/C22H19FN4O2S/c1-29-11-15-18-16(23)3-2-4-17(18)30-19(15)22(28)24-14-9-7-13(8-10-14)21-25-20(26-27-21)12-5-6-12/h2-4,7-10,12H,5-6,11H2,1H3,(H,24,28)(H,25,26,27). The number of aromatic nitrogens is 3. The fourth-order valence-electron chi connectivity index (χ4n) is 3.47. The molecule has 1 aliphatic carbocycles. The molecule has 0 saturated heterocycles. The number of nitrogens with zero attached hydrogens (tertiary/aromatic N) is 2. The number of halogens is 1. The second kappa shape index (κ2) is 7.62. The van der Waals surface area contributed by atoms with Gasteiger partial charge in [0, 0.05) is 39.9 Å². The summed E-state index contributed by atoms with van der Waals surface area (Å²) in [4.78, 5) is 17.9. The van der Waals surface area contributed by atoms with Gasteiger partial charge in [0.2, 0.25) is 0 Å². The quantitative estimate of drug-likeness (QED) is 0.453. The van der Waals surface area contributed by atoms with Crippen molar-refractivity contribution in [3.63, 3.8) is 0 Å². The van der Waals surface area contributed by atoms with Gasteiger partial charge in [-0.1, -0.05) is 6.07 Å². The summed E-state index contributed by atoms with van der Waals surface area (Å²) >= 11 is 1.26. The predicted octanol–water partition coefficient (Wildman–Crippen LogP) is 5.10. The van der Waals surface area contributed by atoms with Crippen molar-refractivity contribution in [3.8, 4) is 11.4 Å². The number of thiophene rings is 1. The molecule has 2 aromatic heterocycles. The molecule has 1 amide bonds. The Morgan fingerprint density at radius 2 is 2.07 bits per heavy atom. The number of ether oxygens (including phenoxy) is 1. The first kappa shape index (κ1) is 18.9. The number of aromatic amines is 1. The van der Waals surface area contributed by atoms with E-state index in [1.54, 1.807) is 12.1 Å². The fraction of sp³-hybridized carbons (Fsp3) is 0.227. The van der Waals surface area contributed by atoms with Gasteiger partial charge >= 0.3 is 0 Å². The molecular formula is C22H19FN4O2S. The molecule has 1 aliphatic rings. The Bertz CT molecular complexity index is 1230. The zero-order valence-corrected chi connectivity index (χ0v) is 17.1. The SMILES string of the molecule is COCc1c(C(=O)Nc2ccc(-c3n[nH]c(C4CC4)n3)cc2)sc2cccc(F)c12. The molecule has 0 bridgehead atoms. The lowest BCUT2D eigenvalue weighted by Gasteiger charge is -2.07. The number of carbonyl (C=O) groups excluding carboxylic acids is 1. The highest BCUT2D eigenvalue weighted by Gasteiger charge is 2.27. The van der Waals surface area contributed by atoms with Crippen LogP contribution >= 0.6 is 11.3 Å². The summed E-state index contributed by atoms with van der Waals surface area (Å²) in [5, 5.41) is 10.6. The predicted molar refractivity (Wildman–Crippen MR) is 114 cm³/mol. The zero-order valence-electron chi connectivity index (χ0n) is 16.2. The van der Waals surface area contributed by atoms with E-state index in [0.29, 0.717) is 33.3 Å². The van der Waals surface area contributed by atoms with E-state index in [0.717, 1.165) is 28.9 Å². The molecule has 2 aromatic carbocycles. The summed E-state index contributed by atoms with van der Waals surface area (Å²) < 4.78 is 20.3. The second-order valence-corrected chi connectivity index (χ2v) is 8.36. The molecule has 0 atom stereocenters. The number of benzene rings is 2. The topological polar surface area (TPSA) is 79.9 Å². The Morgan fingerprint density at radius 1 is 1.27 bits per heavy atom. The number of nitrogens with one attached hydrogen (secondary N) is 2. The van der Waals surface area contributed by atoms with Gasteiger partial charge in [0.15, 0.2) is 5.82 Å². The van der Waals surface area contributed by atoms with E-state index < -0.39 is 0 Å². The lowest BCUT2D eigenvalue weighted by atomic mass is 10.1. The summed E-state index contributed by atoms with van der Waals surface area (Å²) in [5.74, 6) is 1.46. The molecule has 0 spiro atoms. The summed E-state index contributed by atoms with van der Waals surface area (Å²) in [6.07, 6.45) is 2.32. The smallest absolute Gasteiger partial charge is 0.266 e. The number of hydrogen-bond acceptors (Lipinski definition) is 5. The van der Waals surface area contributed by atoms with Crippen LogP contribution in [0.4, 0.5) is 10.1 Å². The molecule has 1 fully saturated rings. The number of amides is 1. The Labute approximate surface area is 176 Å². The van der Waals surface area contributed by atoms with Gasteiger partial charge in [0.05, 0.1) is 11.5 Å². The molecule has 6 nitrogen and oxygen atoms in total. The first-order chi connectivity index (χ1) is 14.6. The van der Waals surface area contributed by atoms with Crippen molar-refractivity contribution >= 4 is 33.0 Å². The van der Waals surface area contributed by atoms with Crippen LogP contribution < -0.4 is 5.32 Å². The van der Waals surface area contributed by atoms with E-state index in [4.69, 9.17) is 4.74 Å². The van der Waals surface area contributed by atoms with Crippen LogP contribution in [-0.4, -0.2) is 28.2 Å². The van der Waals surface area contributed by atoms with Crippen LogP contribution in [-0.2, 0) is 11.3 Å². The molecule has 1 saturated carbocycles. The van der Waals surface area contributed by atoms with Gasteiger partial charge in [0.25, 0.3) is 5.91 Å². The third-order valence-corrected chi connectivity index (χ3v) is 6.32. The maximum Gasteiger partial charge on any atom is 0.266 e. The van der Waals surface area contributed by atoms with Crippen LogP contribution in [0, 0.1) is 5.82 Å². The van der Waals surface area contributed by atoms with Gasteiger partial charge in [-0.25, -0.2) is 9.37 Å². The summed E-state index contributed by atoms with van der Waals surface area (Å²) in [5.41, 5.74) is 2.08. The third-order valence-electron chi connectivity index (χ3n) is 5.13. The number of methoxy groups -OCH3 is 1. The number of carbonyl (C=O) groups is 1. The second-order valence-electron chi connectivity index (χ2n) is 7.31. The largest absolute Gasteiger partial charge is 0.380 e. The van der Waals surface area contributed by atoms with E-state index in [-0.39, 0.29) is 18.3 Å². The van der Waals surface area contributed by atoms with Gasteiger partial charge in [-0.2, -0.15) is 5.10 Å². The van der Waals surface area contributed by atoms with E-state index in [1.165, 1.54) is 24.5 Å². The average Bonchev–Trinajstić information content (AvgIpc) is 3.35. The molecule has 30 heavy (non-hydrogen) atoms. The number of anilines is 1. The number of H-pyrrole nitrogens is 1. The number of fused-ring (bicyclic) bond motifs is 1. The van der Waals surface area contributed by atoms with Crippen LogP contribution in [0.5, 0.6) is 0 Å². The van der Waals surface area contributed by atoms with Crippen molar-refractivity contribution in [2.24, 2.45) is 0 Å². The molecule has 2 heterocycles. The summed E-state index contributed by atoms with van der Waals surface area (Å²) in [6.45, 7) is 0.163. The first-order valence-corrected chi connectivity index (χ1v) is 10.5. The van der Waals surface area contributed by atoms with E-state index in [9.17, 15) is 9.18 Å². The van der Waals surface area contributed by atoms with Crippen LogP contribution in [0.15, 0.2) is 42.5 Å². The zero-order chi connectivity index (χ0) is 20.7. The van der Waals surface area contributed by atoms with Gasteiger partial charge in [-0.05, 0) is 49.2 Å². The molecule has 0 radical (unpaired) electrons. The van der Waals surface area contributed by atoms with Crippen LogP contribution in [0.1, 0.15) is 39.8 Å². The normalized spacial score (nSPS) is 13.7. The van der Waals surface area contributed by atoms with E-state index in [1.807, 2.05) is 24.3 Å². The highest BCUT2D eigenvalue weighted by molar-refractivity contribution is 7.21. The minimum Gasteiger partial charge on any atom is -0.380 e. The van der Waals surface area contributed by atoms with Crippen LogP contribution in [0.25, 0.3) is 21.5 Å².